The molecule has 0 saturated carbocycles. The Bertz CT molecular complexity index is 1610. The third-order valence-electron chi connectivity index (χ3n) is 14.2. The number of esters is 4. The predicted octanol–water partition coefficient (Wildman–Crippen LogP) is 16.2. The second-order valence-corrected chi connectivity index (χ2v) is 26.7. The summed E-state index contributed by atoms with van der Waals surface area (Å²) in [5.74, 6) is 0.672. The molecule has 19 heteroatoms. The van der Waals surface area contributed by atoms with Gasteiger partial charge in [0.15, 0.2) is 12.2 Å². The molecule has 0 spiro atoms. The first-order valence-electron chi connectivity index (χ1n) is 31.7. The van der Waals surface area contributed by atoms with Crippen molar-refractivity contribution in [2.24, 2.45) is 23.7 Å². The van der Waals surface area contributed by atoms with Gasteiger partial charge in [0.1, 0.15) is 19.3 Å². The van der Waals surface area contributed by atoms with Gasteiger partial charge >= 0.3 is 39.5 Å². The van der Waals surface area contributed by atoms with Crippen LogP contribution in [0.25, 0.3) is 0 Å². The van der Waals surface area contributed by atoms with Crippen LogP contribution in [0.15, 0.2) is 0 Å². The van der Waals surface area contributed by atoms with Crippen LogP contribution in [-0.4, -0.2) is 96.7 Å². The molecule has 0 aliphatic rings. The maximum Gasteiger partial charge on any atom is 0.472 e. The summed E-state index contributed by atoms with van der Waals surface area (Å²) in [4.78, 5) is 72.0. The van der Waals surface area contributed by atoms with Crippen molar-refractivity contribution in [1.82, 2.24) is 0 Å². The van der Waals surface area contributed by atoms with Crippen LogP contribution in [0.1, 0.15) is 287 Å². The number of aliphatic hydroxyl groups is 1. The van der Waals surface area contributed by atoms with E-state index in [4.69, 9.17) is 37.0 Å². The Kier molecular flexibility index (Phi) is 50.2. The van der Waals surface area contributed by atoms with E-state index in [0.717, 1.165) is 102 Å². The fourth-order valence-electron chi connectivity index (χ4n) is 8.87. The summed E-state index contributed by atoms with van der Waals surface area (Å²) >= 11 is 0. The number of phosphoric ester groups is 2. The number of aliphatic hydroxyl groups excluding tert-OH is 1. The van der Waals surface area contributed by atoms with Crippen LogP contribution in [-0.2, 0) is 65.4 Å². The molecule has 3 unspecified atom stereocenters. The van der Waals surface area contributed by atoms with Crippen LogP contribution in [0.5, 0.6) is 0 Å². The molecule has 80 heavy (non-hydrogen) atoms. The lowest BCUT2D eigenvalue weighted by molar-refractivity contribution is -0.161. The topological polar surface area (TPSA) is 237 Å². The van der Waals surface area contributed by atoms with Crippen molar-refractivity contribution in [3.05, 3.63) is 0 Å². The average Bonchev–Trinajstić information content (AvgIpc) is 3.40. The lowest BCUT2D eigenvalue weighted by Gasteiger charge is -2.21. The van der Waals surface area contributed by atoms with Gasteiger partial charge in [-0.2, -0.15) is 0 Å². The number of phosphoric acid groups is 2. The Hall–Kier alpha value is -1.94. The second-order valence-electron chi connectivity index (χ2n) is 23.8. The Morgan fingerprint density at radius 1 is 0.350 bits per heavy atom. The fourth-order valence-corrected chi connectivity index (χ4v) is 10.4. The molecule has 0 aromatic carbocycles. The van der Waals surface area contributed by atoms with Crippen LogP contribution < -0.4 is 0 Å². The van der Waals surface area contributed by atoms with E-state index in [1.807, 2.05) is 0 Å². The molecular formula is C61H118O17P2. The zero-order valence-electron chi connectivity index (χ0n) is 51.7. The van der Waals surface area contributed by atoms with Gasteiger partial charge in [-0.05, 0) is 49.4 Å². The Morgan fingerprint density at radius 3 is 0.887 bits per heavy atom. The predicted molar refractivity (Wildman–Crippen MR) is 317 cm³/mol. The zero-order valence-corrected chi connectivity index (χ0v) is 53.5. The van der Waals surface area contributed by atoms with Crippen molar-refractivity contribution in [3.8, 4) is 0 Å². The molecule has 0 saturated heterocycles. The molecule has 0 heterocycles. The first-order valence-corrected chi connectivity index (χ1v) is 34.7. The van der Waals surface area contributed by atoms with Gasteiger partial charge in [0.2, 0.25) is 0 Å². The number of hydrogen-bond acceptors (Lipinski definition) is 15. The minimum Gasteiger partial charge on any atom is -0.462 e. The van der Waals surface area contributed by atoms with Crippen molar-refractivity contribution >= 4 is 39.5 Å². The van der Waals surface area contributed by atoms with E-state index in [9.17, 15) is 43.2 Å². The lowest BCUT2D eigenvalue weighted by Crippen LogP contribution is -2.30. The molecule has 17 nitrogen and oxygen atoms in total. The average molecular weight is 1190 g/mol. The van der Waals surface area contributed by atoms with Gasteiger partial charge < -0.3 is 33.8 Å². The molecule has 0 aromatic heterocycles. The molecule has 0 radical (unpaired) electrons. The number of unbranched alkanes of at least 4 members (excludes halogenated alkanes) is 23. The quantitative estimate of drug-likeness (QED) is 0.0222. The molecule has 3 N–H and O–H groups in total. The van der Waals surface area contributed by atoms with Gasteiger partial charge in [-0.3, -0.25) is 37.3 Å². The van der Waals surface area contributed by atoms with E-state index in [1.165, 1.54) is 83.5 Å². The van der Waals surface area contributed by atoms with E-state index in [0.29, 0.717) is 43.4 Å². The van der Waals surface area contributed by atoms with Gasteiger partial charge in [0.25, 0.3) is 0 Å². The van der Waals surface area contributed by atoms with Crippen LogP contribution in [0, 0.1) is 23.7 Å². The minimum atomic E-state index is -4.94. The molecule has 0 aliphatic heterocycles. The molecule has 474 valence electrons. The highest BCUT2D eigenvalue weighted by Crippen LogP contribution is 2.45. The smallest absolute Gasteiger partial charge is 0.462 e. The molecular weight excluding hydrogens is 1070 g/mol. The second kappa shape index (κ2) is 51.5. The molecule has 6 atom stereocenters. The summed E-state index contributed by atoms with van der Waals surface area (Å²) in [5, 5.41) is 10.5. The molecule has 0 aliphatic carbocycles. The number of ether oxygens (including phenoxy) is 4. The molecule has 0 fully saturated rings. The highest BCUT2D eigenvalue weighted by Gasteiger charge is 2.30. The normalized spacial score (nSPS) is 14.9. The van der Waals surface area contributed by atoms with E-state index in [2.05, 4.69) is 55.4 Å². The summed E-state index contributed by atoms with van der Waals surface area (Å²) in [6, 6.07) is 0. The largest absolute Gasteiger partial charge is 0.472 e. The monoisotopic (exact) mass is 1180 g/mol. The first kappa shape index (κ1) is 78.1. The summed E-state index contributed by atoms with van der Waals surface area (Å²) in [5.41, 5.74) is 0. The van der Waals surface area contributed by atoms with Crippen LogP contribution in [0.4, 0.5) is 0 Å². The standard InChI is InChI=1S/C61H118O17P2/c1-9-54(8)40-32-24-14-10-11-15-25-33-41-58(63)71-47-57(78-61(66)44-36-28-20-18-23-31-39-53(6)7)50-76-80(69,70)74-46-55(62)45-73-79(67,68)75-49-56(48-72-59(64)42-34-26-19-17-22-30-38-52(4)5)77-60(65)43-35-27-16-12-13-21-29-37-51(2)3/h51-57,62H,9-50H2,1-8H3,(H,67,68)(H,69,70)/t54?,55-,56+,57+/m0/s1. The summed E-state index contributed by atoms with van der Waals surface area (Å²) in [7, 11) is -9.88. The number of carbonyl (C=O) groups excluding carboxylic acids is 4. The lowest BCUT2D eigenvalue weighted by atomic mass is 9.99. The Morgan fingerprint density at radius 2 is 0.600 bits per heavy atom. The maximum absolute atomic E-state index is 12.9. The number of rotatable bonds is 58. The van der Waals surface area contributed by atoms with Crippen molar-refractivity contribution in [2.75, 3.05) is 39.6 Å². The third kappa shape index (κ3) is 54.0. The van der Waals surface area contributed by atoms with Crippen molar-refractivity contribution in [2.45, 2.75) is 305 Å². The molecule has 0 rings (SSSR count). The minimum absolute atomic E-state index is 0.101. The SMILES string of the molecule is CCC(C)CCCCCCCCCCC(=O)OC[C@H](COP(=O)(O)OC[C@@H](O)COP(=O)(O)OC[C@@H](COC(=O)CCCCCCCCC(C)C)OC(=O)CCCCCCCCCC(C)C)OC(=O)CCCCCCCCC(C)C. The first-order chi connectivity index (χ1) is 38.1. The Balaban J connectivity index is 5.24. The Labute approximate surface area is 486 Å². The van der Waals surface area contributed by atoms with E-state index < -0.39 is 97.5 Å². The highest BCUT2D eigenvalue weighted by molar-refractivity contribution is 7.47. The number of carbonyl (C=O) groups is 4. The van der Waals surface area contributed by atoms with Gasteiger partial charge in [0, 0.05) is 25.7 Å². The maximum atomic E-state index is 12.9. The van der Waals surface area contributed by atoms with Gasteiger partial charge in [-0.15, -0.1) is 0 Å². The summed E-state index contributed by atoms with van der Waals surface area (Å²) in [6.45, 7) is 13.8. The fraction of sp³-hybridized carbons (Fsp3) is 0.934. The van der Waals surface area contributed by atoms with Gasteiger partial charge in [0.05, 0.1) is 26.4 Å². The molecule has 0 amide bonds. The van der Waals surface area contributed by atoms with Gasteiger partial charge in [-0.25, -0.2) is 9.13 Å². The van der Waals surface area contributed by atoms with Crippen molar-refractivity contribution in [3.63, 3.8) is 0 Å². The highest BCUT2D eigenvalue weighted by atomic mass is 31.2. The van der Waals surface area contributed by atoms with Crippen LogP contribution in [0.2, 0.25) is 0 Å². The number of hydrogen-bond donors (Lipinski definition) is 3. The van der Waals surface area contributed by atoms with Gasteiger partial charge in [-0.1, -0.05) is 235 Å². The van der Waals surface area contributed by atoms with Crippen molar-refractivity contribution in [1.29, 1.82) is 0 Å². The van der Waals surface area contributed by atoms with Crippen molar-refractivity contribution < 1.29 is 80.2 Å². The molecule has 0 bridgehead atoms. The van der Waals surface area contributed by atoms with E-state index in [-0.39, 0.29) is 25.7 Å². The van der Waals surface area contributed by atoms with E-state index >= 15 is 0 Å². The zero-order chi connectivity index (χ0) is 59.7. The summed E-state index contributed by atoms with van der Waals surface area (Å²) < 4.78 is 67.8. The van der Waals surface area contributed by atoms with Crippen LogP contribution in [0.3, 0.4) is 0 Å². The molecule has 0 aromatic rings. The third-order valence-corrected chi connectivity index (χ3v) is 16.1. The summed E-state index contributed by atoms with van der Waals surface area (Å²) in [6.07, 6.45) is 29.7. The van der Waals surface area contributed by atoms with Crippen LogP contribution >= 0.6 is 15.6 Å². The van der Waals surface area contributed by atoms with E-state index in [1.54, 1.807) is 0 Å².